The van der Waals surface area contributed by atoms with Gasteiger partial charge in [0.1, 0.15) is 5.82 Å². The van der Waals surface area contributed by atoms with E-state index in [4.69, 9.17) is 21.2 Å². The molecule has 1 aliphatic carbocycles. The van der Waals surface area contributed by atoms with Gasteiger partial charge in [-0.3, -0.25) is 4.79 Å². The second kappa shape index (κ2) is 8.06. The van der Waals surface area contributed by atoms with E-state index in [1.165, 1.54) is 11.1 Å². The van der Waals surface area contributed by atoms with Gasteiger partial charge in [-0.05, 0) is 42.9 Å². The minimum Gasteiger partial charge on any atom is -0.481 e. The van der Waals surface area contributed by atoms with Crippen LogP contribution in [0.1, 0.15) is 36.3 Å². The van der Waals surface area contributed by atoms with Crippen molar-refractivity contribution in [3.8, 4) is 22.8 Å². The van der Waals surface area contributed by atoms with E-state index in [9.17, 15) is 13.6 Å². The van der Waals surface area contributed by atoms with E-state index in [2.05, 4.69) is 15.1 Å². The first-order chi connectivity index (χ1) is 15.7. The second-order valence-electron chi connectivity index (χ2n) is 8.69. The van der Waals surface area contributed by atoms with Gasteiger partial charge in [0.2, 0.25) is 5.82 Å². The molecule has 10 heteroatoms. The van der Waals surface area contributed by atoms with Crippen molar-refractivity contribution in [2.75, 3.05) is 18.0 Å². The average Bonchev–Trinajstić information content (AvgIpc) is 3.43. The molecule has 33 heavy (non-hydrogen) atoms. The molecule has 0 bridgehead atoms. The van der Waals surface area contributed by atoms with E-state index in [0.717, 1.165) is 16.7 Å². The lowest BCUT2D eigenvalue weighted by atomic mass is 10.0. The monoisotopic (exact) mass is 474 g/mol. The molecular weight excluding hydrogens is 454 g/mol. The van der Waals surface area contributed by atoms with Gasteiger partial charge in [-0.25, -0.2) is 13.8 Å². The predicted molar refractivity (Wildman–Crippen MR) is 118 cm³/mol. The molecule has 1 saturated heterocycles. The van der Waals surface area contributed by atoms with Crippen molar-refractivity contribution in [3.05, 3.63) is 46.6 Å². The summed E-state index contributed by atoms with van der Waals surface area (Å²) in [7, 11) is 0. The number of piperidine rings is 1. The number of alkyl halides is 2. The topological polar surface area (TPSA) is 92.3 Å². The number of hydrogen-bond acceptors (Lipinski definition) is 6. The fourth-order valence-corrected chi connectivity index (χ4v) is 4.67. The molecule has 0 radical (unpaired) electrons. The van der Waals surface area contributed by atoms with Gasteiger partial charge in [0.15, 0.2) is 0 Å². The van der Waals surface area contributed by atoms with E-state index in [1.54, 1.807) is 6.07 Å². The number of aromatic nitrogens is 3. The molecule has 1 aromatic carbocycles. The Labute approximate surface area is 193 Å². The fraction of sp³-hybridized carbons (Fsp3) is 0.391. The lowest BCUT2D eigenvalue weighted by Crippen LogP contribution is -2.43. The number of pyridine rings is 1. The van der Waals surface area contributed by atoms with Crippen molar-refractivity contribution in [2.24, 2.45) is 5.92 Å². The molecule has 2 fully saturated rings. The van der Waals surface area contributed by atoms with Gasteiger partial charge < -0.3 is 14.5 Å². The maximum Gasteiger partial charge on any atom is 0.307 e. The SMILES string of the molecule is Cc1cc(C2CC2C(=O)O)ccc1-c1noc(-c2cnc(N3CCCC(F)(F)C3)c(Cl)c2)n1. The highest BCUT2D eigenvalue weighted by Gasteiger charge is 2.44. The van der Waals surface area contributed by atoms with E-state index in [-0.39, 0.29) is 29.2 Å². The Morgan fingerprint density at radius 3 is 2.82 bits per heavy atom. The molecule has 2 aromatic heterocycles. The first-order valence-corrected chi connectivity index (χ1v) is 11.1. The number of nitrogens with zero attached hydrogens (tertiary/aromatic N) is 4. The highest BCUT2D eigenvalue weighted by molar-refractivity contribution is 6.33. The van der Waals surface area contributed by atoms with Crippen LogP contribution in [0.4, 0.5) is 14.6 Å². The minimum absolute atomic E-state index is 0.0441. The van der Waals surface area contributed by atoms with Gasteiger partial charge in [0.25, 0.3) is 11.8 Å². The van der Waals surface area contributed by atoms with Crippen LogP contribution in [-0.2, 0) is 4.79 Å². The Bertz CT molecular complexity index is 1230. The number of carboxylic acids is 1. The zero-order valence-corrected chi connectivity index (χ0v) is 18.5. The Morgan fingerprint density at radius 2 is 2.15 bits per heavy atom. The molecule has 3 heterocycles. The maximum atomic E-state index is 13.8. The van der Waals surface area contributed by atoms with Gasteiger partial charge >= 0.3 is 5.97 Å². The molecule has 5 rings (SSSR count). The minimum atomic E-state index is -2.76. The third kappa shape index (κ3) is 4.29. The first-order valence-electron chi connectivity index (χ1n) is 10.7. The summed E-state index contributed by atoms with van der Waals surface area (Å²) in [5, 5.41) is 13.4. The zero-order chi connectivity index (χ0) is 23.3. The van der Waals surface area contributed by atoms with Crippen LogP contribution >= 0.6 is 11.6 Å². The van der Waals surface area contributed by atoms with Gasteiger partial charge in [0.05, 0.1) is 23.0 Å². The zero-order valence-electron chi connectivity index (χ0n) is 17.8. The summed E-state index contributed by atoms with van der Waals surface area (Å²) in [5.41, 5.74) is 3.16. The summed E-state index contributed by atoms with van der Waals surface area (Å²) in [6, 6.07) is 7.30. The highest BCUT2D eigenvalue weighted by Crippen LogP contribution is 2.48. The molecular formula is C23H21ClF2N4O3. The number of aryl methyl sites for hydroxylation is 1. The summed E-state index contributed by atoms with van der Waals surface area (Å²) in [5.74, 6) is -2.89. The van der Waals surface area contributed by atoms with Gasteiger partial charge in [-0.15, -0.1) is 0 Å². The van der Waals surface area contributed by atoms with Gasteiger partial charge in [-0.2, -0.15) is 4.98 Å². The summed E-state index contributed by atoms with van der Waals surface area (Å²) in [4.78, 5) is 21.4. The standard InChI is InChI=1S/C23H21ClF2N4O3/c1-12-7-13(16-9-17(16)22(31)32)3-4-15(12)19-28-21(33-29-19)14-8-18(24)20(27-10-14)30-6-2-5-23(25,26)11-30/h3-4,7-8,10,16-17H,2,5-6,9,11H2,1H3,(H,31,32). The van der Waals surface area contributed by atoms with Gasteiger partial charge in [-0.1, -0.05) is 35.0 Å². The number of hydrogen-bond donors (Lipinski definition) is 1. The van der Waals surface area contributed by atoms with Crippen LogP contribution in [0.5, 0.6) is 0 Å². The molecule has 0 spiro atoms. The fourth-order valence-electron chi connectivity index (χ4n) is 4.38. The quantitative estimate of drug-likeness (QED) is 0.544. The molecule has 2 unspecified atom stereocenters. The van der Waals surface area contributed by atoms with Crippen molar-refractivity contribution in [3.63, 3.8) is 0 Å². The number of rotatable bonds is 5. The van der Waals surface area contributed by atoms with Crippen molar-refractivity contribution in [2.45, 2.75) is 38.0 Å². The third-order valence-electron chi connectivity index (χ3n) is 6.21. The van der Waals surface area contributed by atoms with Crippen LogP contribution in [0.2, 0.25) is 5.02 Å². The van der Waals surface area contributed by atoms with Crippen LogP contribution < -0.4 is 4.90 Å². The molecule has 0 amide bonds. The summed E-state index contributed by atoms with van der Waals surface area (Å²) in [6.45, 7) is 1.97. The van der Waals surface area contributed by atoms with Crippen LogP contribution in [0.25, 0.3) is 22.8 Å². The number of halogens is 3. The van der Waals surface area contributed by atoms with E-state index in [0.29, 0.717) is 36.6 Å². The number of anilines is 1. The van der Waals surface area contributed by atoms with E-state index < -0.39 is 18.4 Å². The number of benzene rings is 1. The highest BCUT2D eigenvalue weighted by atomic mass is 35.5. The molecule has 2 atom stereocenters. The van der Waals surface area contributed by atoms with Crippen molar-refractivity contribution < 1.29 is 23.2 Å². The van der Waals surface area contributed by atoms with Gasteiger partial charge in [0, 0.05) is 24.7 Å². The lowest BCUT2D eigenvalue weighted by molar-refractivity contribution is -0.138. The Balaban J connectivity index is 1.36. The Kier molecular flexibility index (Phi) is 5.31. The number of carboxylic acid groups (broad SMARTS) is 1. The van der Waals surface area contributed by atoms with E-state index in [1.807, 2.05) is 25.1 Å². The molecule has 2 aliphatic rings. The number of carbonyl (C=O) groups is 1. The molecule has 172 valence electrons. The lowest BCUT2D eigenvalue weighted by Gasteiger charge is -2.33. The summed E-state index contributed by atoms with van der Waals surface area (Å²) >= 11 is 6.36. The van der Waals surface area contributed by atoms with Crippen molar-refractivity contribution >= 4 is 23.4 Å². The maximum absolute atomic E-state index is 13.8. The molecule has 1 aliphatic heterocycles. The van der Waals surface area contributed by atoms with Crippen molar-refractivity contribution in [1.82, 2.24) is 15.1 Å². The first kappa shape index (κ1) is 21.8. The number of aliphatic carboxylic acids is 1. The molecule has 3 aromatic rings. The summed E-state index contributed by atoms with van der Waals surface area (Å²) in [6.07, 6.45) is 2.38. The largest absolute Gasteiger partial charge is 0.481 e. The van der Waals surface area contributed by atoms with Crippen LogP contribution in [0.15, 0.2) is 35.0 Å². The molecule has 1 N–H and O–H groups in total. The van der Waals surface area contributed by atoms with Crippen LogP contribution in [0.3, 0.4) is 0 Å². The summed E-state index contributed by atoms with van der Waals surface area (Å²) < 4.78 is 32.9. The normalized spacial score (nSPS) is 21.8. The average molecular weight is 475 g/mol. The Hall–Kier alpha value is -3.07. The van der Waals surface area contributed by atoms with Crippen LogP contribution in [-0.4, -0.2) is 45.2 Å². The van der Waals surface area contributed by atoms with Crippen LogP contribution in [0, 0.1) is 12.8 Å². The Morgan fingerprint density at radius 1 is 1.33 bits per heavy atom. The predicted octanol–water partition coefficient (Wildman–Crippen LogP) is 5.18. The smallest absolute Gasteiger partial charge is 0.307 e. The van der Waals surface area contributed by atoms with Crippen molar-refractivity contribution in [1.29, 1.82) is 0 Å². The second-order valence-corrected chi connectivity index (χ2v) is 9.10. The molecule has 7 nitrogen and oxygen atoms in total. The molecule has 1 saturated carbocycles. The third-order valence-corrected chi connectivity index (χ3v) is 6.49. The van der Waals surface area contributed by atoms with E-state index >= 15 is 0 Å².